The van der Waals surface area contributed by atoms with Gasteiger partial charge >= 0.3 is 5.97 Å². The lowest BCUT2D eigenvalue weighted by atomic mass is 9.87. The molecule has 0 spiro atoms. The zero-order valence-corrected chi connectivity index (χ0v) is 10.9. The van der Waals surface area contributed by atoms with Crippen molar-refractivity contribution < 1.29 is 19.5 Å². The summed E-state index contributed by atoms with van der Waals surface area (Å²) in [7, 11) is 0. The second-order valence-corrected chi connectivity index (χ2v) is 4.83. The Morgan fingerprint density at radius 1 is 1.19 bits per heavy atom. The Bertz CT molecular complexity index is 772. The molecule has 106 valence electrons. The number of aromatic carboxylic acids is 1. The Kier molecular flexibility index (Phi) is 3.09. The number of piperidine rings is 1. The van der Waals surface area contributed by atoms with Crippen molar-refractivity contribution in [2.24, 2.45) is 0 Å². The molecule has 2 N–H and O–H groups in total. The van der Waals surface area contributed by atoms with Gasteiger partial charge in [0.25, 0.3) is 0 Å². The van der Waals surface area contributed by atoms with Gasteiger partial charge in [0.15, 0.2) is 0 Å². The van der Waals surface area contributed by atoms with Gasteiger partial charge in [-0.1, -0.05) is 6.07 Å². The van der Waals surface area contributed by atoms with Gasteiger partial charge in [-0.25, -0.2) is 4.79 Å². The minimum absolute atomic E-state index is 0.107. The van der Waals surface area contributed by atoms with Crippen molar-refractivity contribution in [3.63, 3.8) is 0 Å². The predicted molar refractivity (Wildman–Crippen MR) is 71.6 cm³/mol. The number of carboxylic acid groups (broad SMARTS) is 1. The van der Waals surface area contributed by atoms with E-state index in [4.69, 9.17) is 0 Å². The summed E-state index contributed by atoms with van der Waals surface area (Å²) in [6, 6.07) is 3.05. The van der Waals surface area contributed by atoms with Crippen molar-refractivity contribution in [3.8, 4) is 0 Å². The number of nitrogens with one attached hydrogen (secondary N) is 1. The highest BCUT2D eigenvalue weighted by molar-refractivity contribution is 6.07. The fourth-order valence-electron chi connectivity index (χ4n) is 2.60. The van der Waals surface area contributed by atoms with Crippen molar-refractivity contribution in [1.29, 1.82) is 0 Å². The number of hydrogen-bond acceptors (Lipinski definition) is 5. The first-order chi connectivity index (χ1) is 10.1. The summed E-state index contributed by atoms with van der Waals surface area (Å²) in [6.07, 6.45) is 3.47. The highest BCUT2D eigenvalue weighted by Gasteiger charge is 2.29. The second-order valence-electron chi connectivity index (χ2n) is 4.83. The fourth-order valence-corrected chi connectivity index (χ4v) is 2.60. The van der Waals surface area contributed by atoms with Crippen LogP contribution in [0.3, 0.4) is 0 Å². The first kappa shape index (κ1) is 13.2. The quantitative estimate of drug-likeness (QED) is 0.792. The summed E-state index contributed by atoms with van der Waals surface area (Å²) in [4.78, 5) is 34.4. The van der Waals surface area contributed by atoms with Crippen molar-refractivity contribution >= 4 is 28.6 Å². The predicted octanol–water partition coefficient (Wildman–Crippen LogP) is 0.848. The number of carbonyl (C=O) groups excluding carboxylic acids is 2. The lowest BCUT2D eigenvalue weighted by molar-refractivity contribution is -0.134. The number of aromatic nitrogens is 2. The van der Waals surface area contributed by atoms with E-state index in [2.05, 4.69) is 15.5 Å². The van der Waals surface area contributed by atoms with Gasteiger partial charge in [0.1, 0.15) is 0 Å². The van der Waals surface area contributed by atoms with Crippen LogP contribution in [0.4, 0.5) is 0 Å². The first-order valence-corrected chi connectivity index (χ1v) is 6.38. The fraction of sp³-hybridized carbons (Fsp3) is 0.214. The lowest BCUT2D eigenvalue weighted by Crippen LogP contribution is -2.39. The number of carboxylic acids is 1. The van der Waals surface area contributed by atoms with Gasteiger partial charge in [-0.3, -0.25) is 14.9 Å². The van der Waals surface area contributed by atoms with Gasteiger partial charge in [-0.15, -0.1) is 0 Å². The van der Waals surface area contributed by atoms with E-state index in [1.807, 2.05) is 0 Å². The van der Waals surface area contributed by atoms with E-state index in [1.165, 1.54) is 18.5 Å². The van der Waals surface area contributed by atoms with Crippen LogP contribution in [0.2, 0.25) is 0 Å². The standard InChI is InChI=1S/C14H11N3O4/c18-12-4-3-8(13(19)17-12)7-1-2-9(14(20)21)11-6-16-15-5-10(7)11/h1-2,5-6,8H,3-4H2,(H,20,21)(H,17,18,19). The van der Waals surface area contributed by atoms with Crippen LogP contribution >= 0.6 is 0 Å². The van der Waals surface area contributed by atoms with Crippen molar-refractivity contribution in [2.45, 2.75) is 18.8 Å². The van der Waals surface area contributed by atoms with Crippen LogP contribution < -0.4 is 5.32 Å². The SMILES string of the molecule is O=C1CCC(c2ccc(C(=O)O)c3cnncc23)C(=O)N1. The first-order valence-electron chi connectivity index (χ1n) is 6.38. The molecule has 0 bridgehead atoms. The number of carbonyl (C=O) groups is 3. The highest BCUT2D eigenvalue weighted by atomic mass is 16.4. The molecule has 3 rings (SSSR count). The third kappa shape index (κ3) is 2.22. The maximum Gasteiger partial charge on any atom is 0.336 e. The second kappa shape index (κ2) is 4.93. The molecule has 0 aliphatic carbocycles. The van der Waals surface area contributed by atoms with Gasteiger partial charge in [0.2, 0.25) is 11.8 Å². The Balaban J connectivity index is 2.16. The summed E-state index contributed by atoms with van der Waals surface area (Å²) >= 11 is 0. The van der Waals surface area contributed by atoms with Gasteiger partial charge in [0, 0.05) is 17.2 Å². The largest absolute Gasteiger partial charge is 0.478 e. The van der Waals surface area contributed by atoms with E-state index in [-0.39, 0.29) is 23.8 Å². The van der Waals surface area contributed by atoms with E-state index in [1.54, 1.807) is 6.07 Å². The molecule has 2 heterocycles. The molecule has 1 atom stereocenters. The Morgan fingerprint density at radius 2 is 1.90 bits per heavy atom. The molecule has 1 aliphatic heterocycles. The summed E-state index contributed by atoms with van der Waals surface area (Å²) in [5.74, 6) is -2.21. The number of hydrogen-bond donors (Lipinski definition) is 2. The minimum atomic E-state index is -1.07. The van der Waals surface area contributed by atoms with E-state index in [0.29, 0.717) is 22.8 Å². The Hall–Kier alpha value is -2.83. The number of benzene rings is 1. The molecule has 21 heavy (non-hydrogen) atoms. The number of nitrogens with zero attached hydrogens (tertiary/aromatic N) is 2. The van der Waals surface area contributed by atoms with Crippen LogP contribution in [0.1, 0.15) is 34.7 Å². The molecule has 7 heteroatoms. The molecular formula is C14H11N3O4. The van der Waals surface area contributed by atoms with E-state index >= 15 is 0 Å². The maximum absolute atomic E-state index is 12.0. The molecule has 2 aromatic rings. The number of imide groups is 1. The summed E-state index contributed by atoms with van der Waals surface area (Å²) in [6.45, 7) is 0. The molecule has 2 amide bonds. The van der Waals surface area contributed by atoms with E-state index in [9.17, 15) is 19.5 Å². The zero-order chi connectivity index (χ0) is 15.0. The average Bonchev–Trinajstić information content (AvgIpc) is 2.46. The van der Waals surface area contributed by atoms with Crippen LogP contribution in [0, 0.1) is 0 Å². The van der Waals surface area contributed by atoms with Gasteiger partial charge in [-0.2, -0.15) is 10.2 Å². The van der Waals surface area contributed by atoms with Gasteiger partial charge < -0.3 is 5.11 Å². The summed E-state index contributed by atoms with van der Waals surface area (Å²) in [5.41, 5.74) is 0.769. The molecule has 0 saturated carbocycles. The third-order valence-electron chi connectivity index (χ3n) is 3.61. The van der Waals surface area contributed by atoms with Crippen LogP contribution in [-0.2, 0) is 9.59 Å². The van der Waals surface area contributed by atoms with Gasteiger partial charge in [-0.05, 0) is 18.1 Å². The molecule has 1 fully saturated rings. The van der Waals surface area contributed by atoms with E-state index in [0.717, 1.165) is 0 Å². The summed E-state index contributed by atoms with van der Waals surface area (Å²) in [5, 5.41) is 20.0. The number of fused-ring (bicyclic) bond motifs is 1. The smallest absolute Gasteiger partial charge is 0.336 e. The molecule has 7 nitrogen and oxygen atoms in total. The molecule has 1 unspecified atom stereocenters. The normalized spacial score (nSPS) is 18.6. The topological polar surface area (TPSA) is 109 Å². The average molecular weight is 285 g/mol. The van der Waals surface area contributed by atoms with Crippen molar-refractivity contribution in [1.82, 2.24) is 15.5 Å². The zero-order valence-electron chi connectivity index (χ0n) is 10.9. The lowest BCUT2D eigenvalue weighted by Gasteiger charge is -2.22. The minimum Gasteiger partial charge on any atom is -0.478 e. The van der Waals surface area contributed by atoms with Gasteiger partial charge in [0.05, 0.1) is 23.9 Å². The summed E-state index contributed by atoms with van der Waals surface area (Å²) < 4.78 is 0. The third-order valence-corrected chi connectivity index (χ3v) is 3.61. The molecule has 0 radical (unpaired) electrons. The molecule has 1 aromatic heterocycles. The Labute approximate surface area is 119 Å². The van der Waals surface area contributed by atoms with Crippen LogP contribution in [0.25, 0.3) is 10.8 Å². The monoisotopic (exact) mass is 285 g/mol. The molecular weight excluding hydrogens is 274 g/mol. The molecule has 1 saturated heterocycles. The van der Waals surface area contributed by atoms with Crippen LogP contribution in [0.5, 0.6) is 0 Å². The molecule has 1 aromatic carbocycles. The van der Waals surface area contributed by atoms with Crippen molar-refractivity contribution in [3.05, 3.63) is 35.7 Å². The number of rotatable bonds is 2. The maximum atomic E-state index is 12.0. The molecule has 1 aliphatic rings. The van der Waals surface area contributed by atoms with E-state index < -0.39 is 11.9 Å². The van der Waals surface area contributed by atoms with Crippen LogP contribution in [-0.4, -0.2) is 33.1 Å². The number of amides is 2. The van der Waals surface area contributed by atoms with Crippen molar-refractivity contribution in [2.75, 3.05) is 0 Å². The highest BCUT2D eigenvalue weighted by Crippen LogP contribution is 2.31. The van der Waals surface area contributed by atoms with Crippen LogP contribution in [0.15, 0.2) is 24.5 Å². The Morgan fingerprint density at radius 3 is 2.57 bits per heavy atom.